The standard InChI is InChI=1S/C12H14N2O4S/c1-19(17,18)8-2-6-13-7-5-10-3-4-11(14(15)16)9-12(10)13/h3-5,7,9H,2,6,8H2,1H3. The Hall–Kier alpha value is -1.89. The molecule has 2 rings (SSSR count). The summed E-state index contributed by atoms with van der Waals surface area (Å²) in [6.07, 6.45) is 3.51. The van der Waals surface area contributed by atoms with E-state index in [9.17, 15) is 18.5 Å². The van der Waals surface area contributed by atoms with Gasteiger partial charge in [-0.05, 0) is 18.6 Å². The Kier molecular flexibility index (Phi) is 3.57. The number of benzene rings is 1. The smallest absolute Gasteiger partial charge is 0.271 e. The quantitative estimate of drug-likeness (QED) is 0.620. The number of nitrogens with zero attached hydrogens (tertiary/aromatic N) is 2. The molecule has 0 unspecified atom stereocenters. The van der Waals surface area contributed by atoms with E-state index >= 15 is 0 Å². The van der Waals surface area contributed by atoms with Gasteiger partial charge in [0.1, 0.15) is 9.84 Å². The molecule has 0 aliphatic rings. The minimum Gasteiger partial charge on any atom is -0.347 e. The van der Waals surface area contributed by atoms with Crippen molar-refractivity contribution in [3.8, 4) is 0 Å². The van der Waals surface area contributed by atoms with E-state index in [0.29, 0.717) is 13.0 Å². The lowest BCUT2D eigenvalue weighted by atomic mass is 10.2. The van der Waals surface area contributed by atoms with Gasteiger partial charge in [-0.2, -0.15) is 0 Å². The van der Waals surface area contributed by atoms with E-state index in [4.69, 9.17) is 0 Å². The molecule has 0 amide bonds. The topological polar surface area (TPSA) is 82.2 Å². The molecule has 1 aromatic heterocycles. The molecule has 0 fully saturated rings. The number of hydrogen-bond acceptors (Lipinski definition) is 4. The summed E-state index contributed by atoms with van der Waals surface area (Å²) in [5.74, 6) is 0.113. The summed E-state index contributed by atoms with van der Waals surface area (Å²) in [6, 6.07) is 6.53. The van der Waals surface area contributed by atoms with E-state index in [1.807, 2.05) is 16.8 Å². The molecule has 0 spiro atoms. The van der Waals surface area contributed by atoms with E-state index in [2.05, 4.69) is 0 Å². The van der Waals surface area contributed by atoms with E-state index < -0.39 is 14.8 Å². The highest BCUT2D eigenvalue weighted by atomic mass is 32.2. The summed E-state index contributed by atoms with van der Waals surface area (Å²) in [5.41, 5.74) is 0.790. The Balaban J connectivity index is 2.23. The maximum atomic E-state index is 11.1. The predicted molar refractivity (Wildman–Crippen MR) is 72.9 cm³/mol. The Morgan fingerprint density at radius 1 is 1.32 bits per heavy atom. The number of nitro groups is 1. The highest BCUT2D eigenvalue weighted by Crippen LogP contribution is 2.22. The first kappa shape index (κ1) is 13.5. The summed E-state index contributed by atoms with van der Waals surface area (Å²) in [5, 5.41) is 11.6. The number of non-ortho nitro benzene ring substituents is 1. The maximum absolute atomic E-state index is 11.1. The Bertz CT molecular complexity index is 718. The van der Waals surface area contributed by atoms with Crippen LogP contribution < -0.4 is 0 Å². The van der Waals surface area contributed by atoms with Gasteiger partial charge in [0.05, 0.1) is 16.2 Å². The zero-order valence-electron chi connectivity index (χ0n) is 10.4. The number of rotatable bonds is 5. The van der Waals surface area contributed by atoms with Crippen LogP contribution in [0.5, 0.6) is 0 Å². The summed E-state index contributed by atoms with van der Waals surface area (Å²) in [6.45, 7) is 0.526. The van der Waals surface area contributed by atoms with Crippen molar-refractivity contribution in [3.05, 3.63) is 40.6 Å². The van der Waals surface area contributed by atoms with Crippen LogP contribution >= 0.6 is 0 Å². The minimum absolute atomic E-state index is 0.0376. The SMILES string of the molecule is CS(=O)(=O)CCCn1ccc2ccc([N+](=O)[O-])cc21. The van der Waals surface area contributed by atoms with Crippen molar-refractivity contribution in [3.63, 3.8) is 0 Å². The van der Waals surface area contributed by atoms with Crippen molar-refractivity contribution in [2.24, 2.45) is 0 Å². The van der Waals surface area contributed by atoms with E-state index in [0.717, 1.165) is 10.9 Å². The van der Waals surface area contributed by atoms with Crippen LogP contribution in [0.1, 0.15) is 6.42 Å². The molecule has 1 heterocycles. The zero-order valence-corrected chi connectivity index (χ0v) is 11.3. The molecule has 0 aliphatic heterocycles. The molecular weight excluding hydrogens is 268 g/mol. The predicted octanol–water partition coefficient (Wildman–Crippen LogP) is 1.98. The third-order valence-corrected chi connectivity index (χ3v) is 3.91. The Morgan fingerprint density at radius 2 is 2.05 bits per heavy atom. The third kappa shape index (κ3) is 3.31. The molecular formula is C12H14N2O4S. The molecule has 6 nitrogen and oxygen atoms in total. The molecule has 0 saturated carbocycles. The number of aromatic nitrogens is 1. The molecule has 2 aromatic rings. The average Bonchev–Trinajstić information content (AvgIpc) is 2.70. The highest BCUT2D eigenvalue weighted by molar-refractivity contribution is 7.90. The van der Waals surface area contributed by atoms with Gasteiger partial charge in [-0.15, -0.1) is 0 Å². The van der Waals surface area contributed by atoms with E-state index in [-0.39, 0.29) is 11.4 Å². The summed E-state index contributed by atoms with van der Waals surface area (Å²) in [7, 11) is -2.97. The van der Waals surface area contributed by atoms with Crippen LogP contribution in [0.15, 0.2) is 30.5 Å². The fourth-order valence-corrected chi connectivity index (χ4v) is 2.63. The monoisotopic (exact) mass is 282 g/mol. The van der Waals surface area contributed by atoms with Crippen LogP contribution in [-0.4, -0.2) is 29.9 Å². The number of nitro benzene ring substituents is 1. The second-order valence-corrected chi connectivity index (χ2v) is 6.75. The summed E-state index contributed by atoms with van der Waals surface area (Å²) < 4.78 is 24.0. The molecule has 0 N–H and O–H groups in total. The van der Waals surface area contributed by atoms with Gasteiger partial charge in [0.15, 0.2) is 0 Å². The fourth-order valence-electron chi connectivity index (χ4n) is 1.98. The lowest BCUT2D eigenvalue weighted by Crippen LogP contribution is -2.06. The van der Waals surface area contributed by atoms with Gasteiger partial charge in [0.25, 0.3) is 5.69 Å². The molecule has 0 radical (unpaired) electrons. The maximum Gasteiger partial charge on any atom is 0.271 e. The van der Waals surface area contributed by atoms with Gasteiger partial charge >= 0.3 is 0 Å². The second-order valence-electron chi connectivity index (χ2n) is 4.49. The molecule has 1 aromatic carbocycles. The fraction of sp³-hybridized carbons (Fsp3) is 0.333. The number of fused-ring (bicyclic) bond motifs is 1. The minimum atomic E-state index is -2.97. The van der Waals surface area contributed by atoms with Crippen LogP contribution in [0, 0.1) is 10.1 Å². The molecule has 0 saturated heterocycles. The molecule has 0 atom stereocenters. The van der Waals surface area contributed by atoms with Crippen LogP contribution in [0.25, 0.3) is 10.9 Å². The van der Waals surface area contributed by atoms with E-state index in [1.54, 1.807) is 6.07 Å². The number of aryl methyl sites for hydroxylation is 1. The van der Waals surface area contributed by atoms with Gasteiger partial charge in [-0.3, -0.25) is 10.1 Å². The Labute approximate surface area is 110 Å². The number of hydrogen-bond donors (Lipinski definition) is 0. The lowest BCUT2D eigenvalue weighted by Gasteiger charge is -2.04. The van der Waals surface area contributed by atoms with Crippen molar-refractivity contribution in [2.75, 3.05) is 12.0 Å². The normalized spacial score (nSPS) is 11.8. The van der Waals surface area contributed by atoms with Crippen LogP contribution in [0.4, 0.5) is 5.69 Å². The zero-order chi connectivity index (χ0) is 14.0. The first-order valence-corrected chi connectivity index (χ1v) is 7.84. The van der Waals surface area contributed by atoms with Crippen molar-refractivity contribution >= 4 is 26.4 Å². The van der Waals surface area contributed by atoms with Crippen LogP contribution in [0.2, 0.25) is 0 Å². The first-order chi connectivity index (χ1) is 8.87. The van der Waals surface area contributed by atoms with Gasteiger partial charge < -0.3 is 4.57 Å². The molecule has 102 valence electrons. The summed E-state index contributed by atoms with van der Waals surface area (Å²) >= 11 is 0. The van der Waals surface area contributed by atoms with Crippen molar-refractivity contribution in [1.29, 1.82) is 0 Å². The first-order valence-electron chi connectivity index (χ1n) is 5.78. The van der Waals surface area contributed by atoms with Gasteiger partial charge in [-0.1, -0.05) is 0 Å². The molecule has 19 heavy (non-hydrogen) atoms. The number of sulfone groups is 1. The van der Waals surface area contributed by atoms with Gasteiger partial charge in [0.2, 0.25) is 0 Å². The lowest BCUT2D eigenvalue weighted by molar-refractivity contribution is -0.384. The van der Waals surface area contributed by atoms with Gasteiger partial charge in [0, 0.05) is 36.5 Å². The van der Waals surface area contributed by atoms with Crippen LogP contribution in [-0.2, 0) is 16.4 Å². The second kappa shape index (κ2) is 5.00. The van der Waals surface area contributed by atoms with Crippen molar-refractivity contribution in [2.45, 2.75) is 13.0 Å². The molecule has 0 bridgehead atoms. The van der Waals surface area contributed by atoms with Crippen molar-refractivity contribution in [1.82, 2.24) is 4.57 Å². The van der Waals surface area contributed by atoms with Gasteiger partial charge in [-0.25, -0.2) is 8.42 Å². The summed E-state index contributed by atoms with van der Waals surface area (Å²) in [4.78, 5) is 10.3. The largest absolute Gasteiger partial charge is 0.347 e. The molecule has 0 aliphatic carbocycles. The molecule has 7 heteroatoms. The van der Waals surface area contributed by atoms with Crippen LogP contribution in [0.3, 0.4) is 0 Å². The third-order valence-electron chi connectivity index (χ3n) is 2.88. The van der Waals surface area contributed by atoms with Crippen molar-refractivity contribution < 1.29 is 13.3 Å². The average molecular weight is 282 g/mol. The van der Waals surface area contributed by atoms with E-state index in [1.165, 1.54) is 18.4 Å². The Morgan fingerprint density at radius 3 is 2.68 bits per heavy atom. The highest BCUT2D eigenvalue weighted by Gasteiger charge is 2.09.